The van der Waals surface area contributed by atoms with Gasteiger partial charge in [0.15, 0.2) is 9.93 Å². The second-order valence-electron chi connectivity index (χ2n) is 5.10. The Morgan fingerprint density at radius 1 is 1.47 bits per heavy atom. The van der Waals surface area contributed by atoms with Crippen molar-refractivity contribution in [2.24, 2.45) is 0 Å². The topological polar surface area (TPSA) is 35.5 Å². The van der Waals surface area contributed by atoms with Crippen LogP contribution in [0.1, 0.15) is 6.92 Å². The minimum atomic E-state index is -0.826. The molecule has 2 fully saturated rings. The maximum atomic E-state index is 12.3. The Labute approximate surface area is 112 Å². The van der Waals surface area contributed by atoms with Gasteiger partial charge in [0.25, 0.3) is 0 Å². The fraction of sp³-hybridized carbons (Fsp3) is 0.583. The highest BCUT2D eigenvalue weighted by atomic mass is 79.9. The van der Waals surface area contributed by atoms with Gasteiger partial charge in [0.05, 0.1) is 0 Å². The largest absolute Gasteiger partial charge is 0.449 e. The molecule has 0 aromatic heterocycles. The highest BCUT2D eigenvalue weighted by molar-refractivity contribution is 9.10. The van der Waals surface area contributed by atoms with Crippen LogP contribution in [0, 0.1) is 0 Å². The number of hydrogen-bond acceptors (Lipinski definition) is 4. The minimum absolute atomic E-state index is 0.212. The number of carbonyl (C=O) groups is 1. The average molecular weight is 315 g/mol. The van der Waals surface area contributed by atoms with Gasteiger partial charge in [0.1, 0.15) is 11.7 Å². The van der Waals surface area contributed by atoms with Crippen molar-refractivity contribution in [1.82, 2.24) is 0 Å². The van der Waals surface area contributed by atoms with E-state index in [9.17, 15) is 4.79 Å². The molecule has 0 saturated carbocycles. The lowest BCUT2D eigenvalue weighted by molar-refractivity contribution is -0.162. The van der Waals surface area contributed by atoms with Crippen LogP contribution < -0.4 is 0 Å². The van der Waals surface area contributed by atoms with Crippen LogP contribution in [0.2, 0.25) is 0 Å². The van der Waals surface area contributed by atoms with Crippen LogP contribution in [0.15, 0.2) is 23.8 Å². The molecule has 4 atom stereocenters. The molecule has 5 aliphatic rings. The van der Waals surface area contributed by atoms with E-state index in [0.29, 0.717) is 0 Å². The van der Waals surface area contributed by atoms with Crippen molar-refractivity contribution in [2.75, 3.05) is 11.5 Å². The number of rotatable bonds is 0. The Hall–Kier alpha value is -0.260. The summed E-state index contributed by atoms with van der Waals surface area (Å²) in [4.78, 5) is 12.3. The molecule has 0 aliphatic carbocycles. The highest BCUT2D eigenvalue weighted by Crippen LogP contribution is 2.58. The number of fused-ring (bicyclic) bond motifs is 1. The summed E-state index contributed by atoms with van der Waals surface area (Å²) < 4.78 is 11.1. The lowest BCUT2D eigenvalue weighted by Gasteiger charge is -2.40. The molecule has 4 bridgehead atoms. The Kier molecular flexibility index (Phi) is 1.77. The van der Waals surface area contributed by atoms with E-state index in [1.807, 2.05) is 13.0 Å². The standard InChI is InChI=1S/C12H11BrO3S/c1-7-4-11-6-17-5-10(11)3-2-8(15-10)12(7,13)9(14)16-11/h2-4,8H,5-6H2,1H3/t8-,10-,11-,12-/m0/s1. The molecular weight excluding hydrogens is 304 g/mol. The summed E-state index contributed by atoms with van der Waals surface area (Å²) in [7, 11) is 0. The van der Waals surface area contributed by atoms with E-state index < -0.39 is 15.5 Å². The zero-order valence-corrected chi connectivity index (χ0v) is 11.6. The predicted octanol–water partition coefficient (Wildman–Crippen LogP) is 1.82. The normalized spacial score (nSPS) is 54.4. The maximum Gasteiger partial charge on any atom is 0.331 e. The van der Waals surface area contributed by atoms with E-state index in [-0.39, 0.29) is 12.1 Å². The number of ether oxygens (including phenoxy) is 2. The molecule has 90 valence electrons. The van der Waals surface area contributed by atoms with Crippen LogP contribution in [0.3, 0.4) is 0 Å². The molecule has 17 heavy (non-hydrogen) atoms. The zero-order valence-electron chi connectivity index (χ0n) is 9.23. The van der Waals surface area contributed by atoms with Gasteiger partial charge in [-0.25, -0.2) is 0 Å². The molecular formula is C12H11BrO3S. The summed E-state index contributed by atoms with van der Waals surface area (Å²) in [6, 6.07) is 0. The molecule has 5 heterocycles. The fourth-order valence-electron chi connectivity index (χ4n) is 3.19. The molecule has 0 radical (unpaired) electrons. The monoisotopic (exact) mass is 314 g/mol. The first-order chi connectivity index (χ1) is 8.03. The average Bonchev–Trinajstić information content (AvgIpc) is 2.81. The van der Waals surface area contributed by atoms with Crippen molar-refractivity contribution in [3.8, 4) is 0 Å². The van der Waals surface area contributed by atoms with Crippen LogP contribution in [0.25, 0.3) is 0 Å². The summed E-state index contributed by atoms with van der Waals surface area (Å²) in [5, 5.41) is 0. The van der Waals surface area contributed by atoms with Crippen LogP contribution in [-0.2, 0) is 14.3 Å². The predicted molar refractivity (Wildman–Crippen MR) is 68.3 cm³/mol. The van der Waals surface area contributed by atoms with E-state index in [1.165, 1.54) is 0 Å². The molecule has 0 amide bonds. The second kappa shape index (κ2) is 2.83. The van der Waals surface area contributed by atoms with Crippen molar-refractivity contribution >= 4 is 33.7 Å². The smallest absolute Gasteiger partial charge is 0.331 e. The number of hydrogen-bond donors (Lipinski definition) is 0. The number of carbonyl (C=O) groups excluding carboxylic acids is 1. The van der Waals surface area contributed by atoms with Crippen molar-refractivity contribution < 1.29 is 14.3 Å². The van der Waals surface area contributed by atoms with Crippen molar-refractivity contribution in [3.63, 3.8) is 0 Å². The van der Waals surface area contributed by atoms with Crippen molar-refractivity contribution in [1.29, 1.82) is 0 Å². The van der Waals surface area contributed by atoms with Crippen molar-refractivity contribution in [3.05, 3.63) is 23.8 Å². The number of alkyl halides is 1. The Morgan fingerprint density at radius 2 is 2.24 bits per heavy atom. The SMILES string of the molecule is CC1=C[C@]23CSC[C@@]24C=C[C@H](O4)[C@]1(Br)C(=O)O3. The van der Waals surface area contributed by atoms with Gasteiger partial charge in [-0.05, 0) is 24.6 Å². The Balaban J connectivity index is 2.05. The van der Waals surface area contributed by atoms with E-state index in [2.05, 4.69) is 28.1 Å². The molecule has 0 aromatic rings. The Morgan fingerprint density at radius 3 is 3.00 bits per heavy atom. The third-order valence-corrected chi connectivity index (χ3v) is 6.88. The lowest BCUT2D eigenvalue weighted by atomic mass is 9.79. The molecule has 0 aromatic carbocycles. The van der Waals surface area contributed by atoms with Gasteiger partial charge < -0.3 is 9.47 Å². The molecule has 0 unspecified atom stereocenters. The van der Waals surface area contributed by atoms with Gasteiger partial charge in [-0.15, -0.1) is 0 Å². The van der Waals surface area contributed by atoms with Crippen molar-refractivity contribution in [2.45, 2.75) is 28.6 Å². The first-order valence-electron chi connectivity index (χ1n) is 5.60. The van der Waals surface area contributed by atoms with Gasteiger partial charge in [-0.1, -0.05) is 22.0 Å². The summed E-state index contributed by atoms with van der Waals surface area (Å²) >= 11 is 5.32. The van der Waals surface area contributed by atoms with Gasteiger partial charge in [-0.3, -0.25) is 4.79 Å². The number of esters is 1. The molecule has 3 nitrogen and oxygen atoms in total. The third kappa shape index (κ3) is 0.956. The molecule has 2 spiro atoms. The highest BCUT2D eigenvalue weighted by Gasteiger charge is 2.70. The summed E-state index contributed by atoms with van der Waals surface area (Å²) in [5.74, 6) is 1.41. The van der Waals surface area contributed by atoms with Crippen LogP contribution in [0.4, 0.5) is 0 Å². The minimum Gasteiger partial charge on any atom is -0.449 e. The van der Waals surface area contributed by atoms with Gasteiger partial charge >= 0.3 is 5.97 Å². The molecule has 2 saturated heterocycles. The summed E-state index contributed by atoms with van der Waals surface area (Å²) in [5.41, 5.74) is -0.0455. The van der Waals surface area contributed by atoms with Gasteiger partial charge in [0, 0.05) is 11.5 Å². The summed E-state index contributed by atoms with van der Waals surface area (Å²) in [6.07, 6.45) is 5.93. The van der Waals surface area contributed by atoms with Crippen LogP contribution in [0.5, 0.6) is 0 Å². The van der Waals surface area contributed by atoms with E-state index in [4.69, 9.17) is 9.47 Å². The number of thioether (sulfide) groups is 1. The molecule has 5 aliphatic heterocycles. The van der Waals surface area contributed by atoms with Gasteiger partial charge in [-0.2, -0.15) is 11.8 Å². The van der Waals surface area contributed by atoms with E-state index in [0.717, 1.165) is 17.1 Å². The first kappa shape index (κ1) is 10.6. The maximum absolute atomic E-state index is 12.3. The summed E-state index contributed by atoms with van der Waals surface area (Å²) in [6.45, 7) is 1.98. The van der Waals surface area contributed by atoms with Crippen LogP contribution in [-0.4, -0.2) is 39.1 Å². The number of halogens is 1. The third-order valence-electron chi connectivity index (χ3n) is 4.21. The van der Waals surface area contributed by atoms with E-state index >= 15 is 0 Å². The van der Waals surface area contributed by atoms with E-state index in [1.54, 1.807) is 11.8 Å². The first-order valence-corrected chi connectivity index (χ1v) is 7.54. The molecule has 5 heteroatoms. The van der Waals surface area contributed by atoms with Crippen LogP contribution >= 0.6 is 27.7 Å². The zero-order chi connectivity index (χ0) is 11.9. The quantitative estimate of drug-likeness (QED) is 0.388. The second-order valence-corrected chi connectivity index (χ2v) is 7.33. The molecule has 5 rings (SSSR count). The lowest BCUT2D eigenvalue weighted by Crippen LogP contribution is -2.56. The Bertz CT molecular complexity index is 502. The fourth-order valence-corrected chi connectivity index (χ4v) is 5.13. The van der Waals surface area contributed by atoms with Gasteiger partial charge in [0.2, 0.25) is 0 Å². The molecule has 0 N–H and O–H groups in total.